The van der Waals surface area contributed by atoms with Crippen molar-refractivity contribution < 1.29 is 4.21 Å². The fraction of sp³-hybridized carbons (Fsp3) is 0.400. The minimum Gasteiger partial charge on any atom is -0.367 e. The molecular weight excluding hydrogens is 362 g/mol. The Hall–Kier alpha value is -1.79. The maximum Gasteiger partial charge on any atom is 0.162 e. The molecule has 0 aliphatic heterocycles. The Morgan fingerprint density at radius 1 is 1.23 bits per heavy atom. The topological polar surface area (TPSA) is 54.9 Å². The van der Waals surface area contributed by atoms with Gasteiger partial charge in [0.05, 0.1) is 5.52 Å². The molecule has 1 saturated carbocycles. The number of anilines is 1. The van der Waals surface area contributed by atoms with Crippen LogP contribution < -0.4 is 5.32 Å². The molecule has 2 aromatic heterocycles. The largest absolute Gasteiger partial charge is 0.367 e. The van der Waals surface area contributed by atoms with Crippen molar-refractivity contribution in [2.45, 2.75) is 43.9 Å². The molecule has 136 valence electrons. The Labute approximate surface area is 160 Å². The number of nitrogens with one attached hydrogen (secondary N) is 1. The highest BCUT2D eigenvalue weighted by Crippen LogP contribution is 2.30. The average Bonchev–Trinajstić information content (AvgIpc) is 3.22. The van der Waals surface area contributed by atoms with Crippen molar-refractivity contribution in [2.24, 2.45) is 0 Å². The number of nitrogens with zero attached hydrogens (tertiary/aromatic N) is 2. The lowest BCUT2D eigenvalue weighted by atomic mass is 9.95. The summed E-state index contributed by atoms with van der Waals surface area (Å²) < 4.78 is 12.2. The van der Waals surface area contributed by atoms with E-state index in [1.54, 1.807) is 11.3 Å². The molecule has 6 heteroatoms. The van der Waals surface area contributed by atoms with E-state index in [9.17, 15) is 4.21 Å². The lowest BCUT2D eigenvalue weighted by Gasteiger charge is -2.29. The van der Waals surface area contributed by atoms with Crippen molar-refractivity contribution in [2.75, 3.05) is 11.1 Å². The summed E-state index contributed by atoms with van der Waals surface area (Å²) in [4.78, 5) is 9.57. The molecule has 1 aliphatic carbocycles. The van der Waals surface area contributed by atoms with Gasteiger partial charge in [0.2, 0.25) is 0 Å². The molecule has 3 aromatic rings. The van der Waals surface area contributed by atoms with Gasteiger partial charge in [-0.3, -0.25) is 4.21 Å². The zero-order chi connectivity index (χ0) is 17.9. The van der Waals surface area contributed by atoms with Crippen LogP contribution in [0.15, 0.2) is 41.1 Å². The number of rotatable bonds is 5. The van der Waals surface area contributed by atoms with Crippen LogP contribution in [0.5, 0.6) is 0 Å². The third-order valence-electron chi connectivity index (χ3n) is 5.01. The van der Waals surface area contributed by atoms with Crippen LogP contribution >= 0.6 is 11.3 Å². The van der Waals surface area contributed by atoms with Gasteiger partial charge < -0.3 is 5.32 Å². The van der Waals surface area contributed by atoms with Gasteiger partial charge in [-0.1, -0.05) is 25.5 Å². The quantitative estimate of drug-likeness (QED) is 0.682. The first-order valence-corrected chi connectivity index (χ1v) is 11.5. The first kappa shape index (κ1) is 17.6. The van der Waals surface area contributed by atoms with Crippen molar-refractivity contribution in [1.82, 2.24) is 9.97 Å². The Morgan fingerprint density at radius 3 is 2.92 bits per heavy atom. The van der Waals surface area contributed by atoms with E-state index in [4.69, 9.17) is 9.97 Å². The second-order valence-corrected chi connectivity index (χ2v) is 9.51. The number of hydrogen-bond donors (Lipinski definition) is 1. The van der Waals surface area contributed by atoms with Crippen molar-refractivity contribution in [1.29, 1.82) is 0 Å². The maximum absolute atomic E-state index is 12.2. The molecule has 4 nitrogen and oxygen atoms in total. The van der Waals surface area contributed by atoms with E-state index in [1.807, 2.05) is 30.5 Å². The molecule has 3 unspecified atom stereocenters. The molecule has 3 atom stereocenters. The molecule has 1 aromatic carbocycles. The van der Waals surface area contributed by atoms with Gasteiger partial charge in [0.15, 0.2) is 5.82 Å². The molecule has 1 aliphatic rings. The lowest BCUT2D eigenvalue weighted by Crippen LogP contribution is -2.33. The van der Waals surface area contributed by atoms with Crippen LogP contribution in [-0.4, -0.2) is 31.2 Å². The molecule has 2 heterocycles. The molecule has 26 heavy (non-hydrogen) atoms. The smallest absolute Gasteiger partial charge is 0.162 e. The first-order chi connectivity index (χ1) is 12.7. The van der Waals surface area contributed by atoms with Crippen LogP contribution in [0, 0.1) is 0 Å². The van der Waals surface area contributed by atoms with Gasteiger partial charge in [-0.05, 0) is 42.8 Å². The third-order valence-corrected chi connectivity index (χ3v) is 7.43. The highest BCUT2D eigenvalue weighted by molar-refractivity contribution is 7.85. The van der Waals surface area contributed by atoms with Gasteiger partial charge >= 0.3 is 0 Å². The van der Waals surface area contributed by atoms with Crippen LogP contribution in [0.4, 0.5) is 5.82 Å². The number of hydrogen-bond acceptors (Lipinski definition) is 5. The summed E-state index contributed by atoms with van der Waals surface area (Å²) >= 11 is 1.65. The fourth-order valence-corrected chi connectivity index (χ4v) is 5.63. The molecule has 0 radical (unpaired) electrons. The van der Waals surface area contributed by atoms with Gasteiger partial charge in [-0.25, -0.2) is 9.97 Å². The highest BCUT2D eigenvalue weighted by atomic mass is 32.2. The molecule has 0 amide bonds. The Kier molecular flexibility index (Phi) is 5.31. The standard InChI is InChI=1S/C20H23N3OS2/c1-2-26(24)16-7-5-6-15(12-16)21-20-17-8-3-4-9-18(17)22-19(23-20)14-10-11-25-13-14/h3-4,8-11,13,15-16H,2,5-7,12H2,1H3,(H,21,22,23). The molecule has 1 fully saturated rings. The molecular formula is C20H23N3OS2. The average molecular weight is 386 g/mol. The summed E-state index contributed by atoms with van der Waals surface area (Å²) in [6.45, 7) is 2.01. The van der Waals surface area contributed by atoms with E-state index >= 15 is 0 Å². The van der Waals surface area contributed by atoms with Gasteiger partial charge in [-0.2, -0.15) is 11.3 Å². The maximum atomic E-state index is 12.2. The van der Waals surface area contributed by atoms with Crippen LogP contribution in [0.2, 0.25) is 0 Å². The predicted octanol–water partition coefficient (Wildman–Crippen LogP) is 4.85. The number of aromatic nitrogens is 2. The number of fused-ring (bicyclic) bond motifs is 1. The van der Waals surface area contributed by atoms with Crippen LogP contribution in [-0.2, 0) is 10.8 Å². The SMILES string of the molecule is CCS(=O)C1CCCC(Nc2nc(-c3ccsc3)nc3ccccc23)C1. The summed E-state index contributed by atoms with van der Waals surface area (Å²) in [5, 5.41) is 9.13. The number of benzene rings is 1. The molecule has 0 spiro atoms. The minimum atomic E-state index is -0.719. The Bertz CT molecular complexity index is 911. The van der Waals surface area contributed by atoms with Crippen LogP contribution in [0.25, 0.3) is 22.3 Å². The highest BCUT2D eigenvalue weighted by Gasteiger charge is 2.26. The fourth-order valence-electron chi connectivity index (χ4n) is 3.65. The van der Waals surface area contributed by atoms with E-state index in [0.717, 1.165) is 59.5 Å². The predicted molar refractivity (Wildman–Crippen MR) is 111 cm³/mol. The normalized spacial score (nSPS) is 21.6. The van der Waals surface area contributed by atoms with E-state index in [1.165, 1.54) is 0 Å². The van der Waals surface area contributed by atoms with Crippen LogP contribution in [0.3, 0.4) is 0 Å². The third kappa shape index (κ3) is 3.67. The zero-order valence-corrected chi connectivity index (χ0v) is 16.5. The first-order valence-electron chi connectivity index (χ1n) is 9.17. The van der Waals surface area contributed by atoms with E-state index in [-0.39, 0.29) is 0 Å². The van der Waals surface area contributed by atoms with Crippen molar-refractivity contribution in [3.8, 4) is 11.4 Å². The Morgan fingerprint density at radius 2 is 2.12 bits per heavy atom. The van der Waals surface area contributed by atoms with Gasteiger partial charge in [0.1, 0.15) is 5.82 Å². The second-order valence-electron chi connectivity index (χ2n) is 6.72. The molecule has 0 saturated heterocycles. The van der Waals surface area contributed by atoms with Gasteiger partial charge in [-0.15, -0.1) is 0 Å². The monoisotopic (exact) mass is 385 g/mol. The number of para-hydroxylation sites is 1. The second kappa shape index (κ2) is 7.84. The van der Waals surface area contributed by atoms with Crippen molar-refractivity contribution in [3.05, 3.63) is 41.1 Å². The Balaban J connectivity index is 1.66. The van der Waals surface area contributed by atoms with Gasteiger partial charge in [0, 0.05) is 44.2 Å². The van der Waals surface area contributed by atoms with Crippen molar-refractivity contribution >= 4 is 38.9 Å². The number of thiophene rings is 1. The van der Waals surface area contributed by atoms with E-state index in [2.05, 4.69) is 22.8 Å². The summed E-state index contributed by atoms with van der Waals surface area (Å²) in [6.07, 6.45) is 4.24. The summed E-state index contributed by atoms with van der Waals surface area (Å²) in [7, 11) is -0.719. The summed E-state index contributed by atoms with van der Waals surface area (Å²) in [6, 6.07) is 10.5. The molecule has 0 bridgehead atoms. The summed E-state index contributed by atoms with van der Waals surface area (Å²) in [5.41, 5.74) is 2.01. The van der Waals surface area contributed by atoms with E-state index in [0.29, 0.717) is 11.3 Å². The molecule has 4 rings (SSSR count). The van der Waals surface area contributed by atoms with E-state index < -0.39 is 10.8 Å². The van der Waals surface area contributed by atoms with Crippen molar-refractivity contribution in [3.63, 3.8) is 0 Å². The lowest BCUT2D eigenvalue weighted by molar-refractivity contribution is 0.464. The summed E-state index contributed by atoms with van der Waals surface area (Å²) in [5.74, 6) is 2.40. The minimum absolute atomic E-state index is 0.302. The molecule has 1 N–H and O–H groups in total. The van der Waals surface area contributed by atoms with Gasteiger partial charge in [0.25, 0.3) is 0 Å². The van der Waals surface area contributed by atoms with Crippen LogP contribution in [0.1, 0.15) is 32.6 Å². The zero-order valence-electron chi connectivity index (χ0n) is 14.9.